The van der Waals surface area contributed by atoms with Crippen molar-refractivity contribution in [3.05, 3.63) is 0 Å². The normalized spacial score (nSPS) is 13.6. The van der Waals surface area contributed by atoms with Gasteiger partial charge in [0.1, 0.15) is 5.60 Å². The second-order valence-corrected chi connectivity index (χ2v) is 8.64. The highest BCUT2D eigenvalue weighted by Gasteiger charge is 2.26. The molecule has 0 aliphatic carbocycles. The fourth-order valence-electron chi connectivity index (χ4n) is 2.08. The van der Waals surface area contributed by atoms with E-state index in [2.05, 4.69) is 45.3 Å². The zero-order valence-electron chi connectivity index (χ0n) is 16.2. The van der Waals surface area contributed by atoms with Crippen molar-refractivity contribution < 1.29 is 14.3 Å². The lowest BCUT2D eigenvalue weighted by Crippen LogP contribution is -2.45. The quantitative estimate of drug-likeness (QED) is 0.745. The van der Waals surface area contributed by atoms with Gasteiger partial charge in [-0.05, 0) is 44.9 Å². The molecular weight excluding hydrogens is 292 g/mol. The summed E-state index contributed by atoms with van der Waals surface area (Å²) in [5, 5.41) is 5.71. The number of carbonyl (C=O) groups excluding carboxylic acids is 2. The number of hydrogen-bond acceptors (Lipinski definition) is 3. The fourth-order valence-corrected chi connectivity index (χ4v) is 2.08. The molecule has 0 aliphatic heterocycles. The molecule has 0 rings (SSSR count). The molecule has 0 aromatic carbocycles. The van der Waals surface area contributed by atoms with Gasteiger partial charge in [0.05, 0.1) is 0 Å². The topological polar surface area (TPSA) is 67.4 Å². The van der Waals surface area contributed by atoms with Crippen molar-refractivity contribution >= 4 is 12.0 Å². The highest BCUT2D eigenvalue weighted by molar-refractivity contribution is 5.77. The molecule has 0 aliphatic rings. The van der Waals surface area contributed by atoms with Gasteiger partial charge in [0.15, 0.2) is 0 Å². The number of ether oxygens (including phenoxy) is 1. The van der Waals surface area contributed by atoms with Crippen LogP contribution in [0.5, 0.6) is 0 Å². The Morgan fingerprint density at radius 1 is 1.00 bits per heavy atom. The Labute approximate surface area is 141 Å². The van der Waals surface area contributed by atoms with Crippen LogP contribution in [-0.4, -0.2) is 30.2 Å². The van der Waals surface area contributed by atoms with Gasteiger partial charge in [-0.1, -0.05) is 34.6 Å². The molecule has 0 aromatic heterocycles. The Bertz CT molecular complexity index is 379. The first-order valence-electron chi connectivity index (χ1n) is 8.57. The van der Waals surface area contributed by atoms with Gasteiger partial charge in [-0.2, -0.15) is 0 Å². The summed E-state index contributed by atoms with van der Waals surface area (Å²) in [5.74, 6) is 0.579. The highest BCUT2D eigenvalue weighted by atomic mass is 16.6. The van der Waals surface area contributed by atoms with Crippen LogP contribution in [0.1, 0.15) is 74.7 Å². The van der Waals surface area contributed by atoms with Gasteiger partial charge in [-0.25, -0.2) is 4.79 Å². The number of alkyl carbamates (subject to hydrolysis) is 1. The van der Waals surface area contributed by atoms with Crippen LogP contribution in [0.25, 0.3) is 0 Å². The van der Waals surface area contributed by atoms with Gasteiger partial charge in [-0.3, -0.25) is 4.79 Å². The summed E-state index contributed by atoms with van der Waals surface area (Å²) >= 11 is 0. The van der Waals surface area contributed by atoms with Crippen molar-refractivity contribution in [3.63, 3.8) is 0 Å². The standard InChI is InChI=1S/C18H36N2O3/c1-13(2)9-10-14(17(3,4)5)20-15(21)11-12-19-16(22)23-18(6,7)8/h13-14H,9-12H2,1-8H3,(H,19,22)(H,20,21). The van der Waals surface area contributed by atoms with Gasteiger partial charge in [-0.15, -0.1) is 0 Å². The molecule has 5 heteroatoms. The predicted octanol–water partition coefficient (Wildman–Crippen LogP) is 3.87. The predicted molar refractivity (Wildman–Crippen MR) is 94.3 cm³/mol. The largest absolute Gasteiger partial charge is 0.444 e. The summed E-state index contributed by atoms with van der Waals surface area (Å²) < 4.78 is 5.14. The summed E-state index contributed by atoms with van der Waals surface area (Å²) in [4.78, 5) is 23.6. The maximum Gasteiger partial charge on any atom is 0.407 e. The monoisotopic (exact) mass is 328 g/mol. The average Bonchev–Trinajstić information content (AvgIpc) is 2.30. The molecule has 0 saturated carbocycles. The van der Waals surface area contributed by atoms with E-state index in [0.29, 0.717) is 5.92 Å². The molecule has 0 spiro atoms. The van der Waals surface area contributed by atoms with Gasteiger partial charge in [0.25, 0.3) is 0 Å². The molecule has 0 heterocycles. The minimum absolute atomic E-state index is 0.0170. The lowest BCUT2D eigenvalue weighted by atomic mass is 9.82. The van der Waals surface area contributed by atoms with Gasteiger partial charge in [0, 0.05) is 19.0 Å². The van der Waals surface area contributed by atoms with Crippen LogP contribution in [0.4, 0.5) is 4.79 Å². The zero-order valence-corrected chi connectivity index (χ0v) is 16.2. The second kappa shape index (κ2) is 9.14. The lowest BCUT2D eigenvalue weighted by Gasteiger charge is -2.32. The van der Waals surface area contributed by atoms with E-state index in [0.717, 1.165) is 12.8 Å². The fraction of sp³-hybridized carbons (Fsp3) is 0.889. The summed E-state index contributed by atoms with van der Waals surface area (Å²) in [5.41, 5.74) is -0.510. The minimum atomic E-state index is -0.527. The average molecular weight is 328 g/mol. The van der Waals surface area contributed by atoms with Crippen LogP contribution in [-0.2, 0) is 9.53 Å². The smallest absolute Gasteiger partial charge is 0.407 e. The van der Waals surface area contributed by atoms with Gasteiger partial charge in [0.2, 0.25) is 5.91 Å². The summed E-state index contributed by atoms with van der Waals surface area (Å²) in [6.07, 6.45) is 1.82. The molecule has 2 N–H and O–H groups in total. The summed E-state index contributed by atoms with van der Waals surface area (Å²) in [7, 11) is 0. The van der Waals surface area contributed by atoms with Crippen LogP contribution in [0.2, 0.25) is 0 Å². The van der Waals surface area contributed by atoms with Crippen LogP contribution >= 0.6 is 0 Å². The second-order valence-electron chi connectivity index (χ2n) is 8.64. The molecule has 0 saturated heterocycles. The molecule has 1 atom stereocenters. The summed E-state index contributed by atoms with van der Waals surface area (Å²) in [6, 6.07) is 0.138. The van der Waals surface area contributed by atoms with E-state index in [1.54, 1.807) is 0 Å². The van der Waals surface area contributed by atoms with Gasteiger partial charge < -0.3 is 15.4 Å². The third-order valence-electron chi connectivity index (χ3n) is 3.43. The van der Waals surface area contributed by atoms with Crippen molar-refractivity contribution in [2.45, 2.75) is 86.3 Å². The summed E-state index contributed by atoms with van der Waals surface area (Å²) in [6.45, 7) is 16.5. The maximum atomic E-state index is 12.1. The Hall–Kier alpha value is -1.26. The van der Waals surface area contributed by atoms with E-state index in [1.165, 1.54) is 0 Å². The van der Waals surface area contributed by atoms with E-state index in [4.69, 9.17) is 4.74 Å². The Balaban J connectivity index is 4.25. The Morgan fingerprint density at radius 2 is 1.57 bits per heavy atom. The molecule has 136 valence electrons. The number of nitrogens with one attached hydrogen (secondary N) is 2. The molecule has 0 bridgehead atoms. The molecule has 23 heavy (non-hydrogen) atoms. The number of amides is 2. The zero-order chi connectivity index (χ0) is 18.3. The van der Waals surface area contributed by atoms with E-state index in [9.17, 15) is 9.59 Å². The molecular formula is C18H36N2O3. The molecule has 1 unspecified atom stereocenters. The minimum Gasteiger partial charge on any atom is -0.444 e. The van der Waals surface area contributed by atoms with E-state index < -0.39 is 11.7 Å². The van der Waals surface area contributed by atoms with Crippen molar-refractivity contribution in [1.82, 2.24) is 10.6 Å². The Kier molecular flexibility index (Phi) is 8.64. The van der Waals surface area contributed by atoms with Crippen molar-refractivity contribution in [2.24, 2.45) is 11.3 Å². The van der Waals surface area contributed by atoms with Crippen LogP contribution < -0.4 is 10.6 Å². The third kappa shape index (κ3) is 11.9. The van der Waals surface area contributed by atoms with Crippen LogP contribution in [0.15, 0.2) is 0 Å². The van der Waals surface area contributed by atoms with Crippen molar-refractivity contribution in [3.8, 4) is 0 Å². The first-order valence-corrected chi connectivity index (χ1v) is 8.57. The van der Waals surface area contributed by atoms with Gasteiger partial charge >= 0.3 is 6.09 Å². The lowest BCUT2D eigenvalue weighted by molar-refractivity contribution is -0.122. The molecule has 0 fully saturated rings. The molecule has 0 radical (unpaired) electrons. The molecule has 2 amide bonds. The molecule has 0 aromatic rings. The van der Waals surface area contributed by atoms with E-state index in [-0.39, 0.29) is 30.3 Å². The Morgan fingerprint density at radius 3 is 2.00 bits per heavy atom. The van der Waals surface area contributed by atoms with Crippen molar-refractivity contribution in [2.75, 3.05) is 6.54 Å². The molecule has 5 nitrogen and oxygen atoms in total. The highest BCUT2D eigenvalue weighted by Crippen LogP contribution is 2.24. The number of rotatable bonds is 7. The van der Waals surface area contributed by atoms with Crippen LogP contribution in [0.3, 0.4) is 0 Å². The first kappa shape index (κ1) is 21.7. The maximum absolute atomic E-state index is 12.1. The first-order chi connectivity index (χ1) is 10.3. The van der Waals surface area contributed by atoms with E-state index >= 15 is 0 Å². The number of carbonyl (C=O) groups is 2. The third-order valence-corrected chi connectivity index (χ3v) is 3.43. The van der Waals surface area contributed by atoms with Crippen LogP contribution in [0, 0.1) is 11.3 Å². The number of hydrogen-bond donors (Lipinski definition) is 2. The van der Waals surface area contributed by atoms with Crippen molar-refractivity contribution in [1.29, 1.82) is 0 Å². The SMILES string of the molecule is CC(C)CCC(NC(=O)CCNC(=O)OC(C)(C)C)C(C)(C)C. The van der Waals surface area contributed by atoms with E-state index in [1.807, 2.05) is 20.8 Å².